The first-order chi connectivity index (χ1) is 37.6. The largest absolute Gasteiger partial charge is 3.00 e. The van der Waals surface area contributed by atoms with E-state index in [2.05, 4.69) is 212 Å². The molecule has 0 amide bonds. The number of fused-ring (bicyclic) bond motifs is 6. The molecule has 3 nitrogen and oxygen atoms in total. The number of pyridine rings is 3. The Kier molecular flexibility index (Phi) is 14.1. The molecule has 0 N–H and O–H groups in total. The number of benzene rings is 10. The third-order valence-corrected chi connectivity index (χ3v) is 14.7. The zero-order chi connectivity index (χ0) is 50.6. The molecular formula is C73H50IrN3. The van der Waals surface area contributed by atoms with Crippen LogP contribution in [0.25, 0.3) is 111 Å². The van der Waals surface area contributed by atoms with E-state index >= 15 is 0 Å². The van der Waals surface area contributed by atoms with Crippen molar-refractivity contribution in [1.29, 1.82) is 0 Å². The third kappa shape index (κ3) is 10.3. The summed E-state index contributed by atoms with van der Waals surface area (Å²) in [6.07, 6.45) is 9.57. The fourth-order valence-electron chi connectivity index (χ4n) is 10.9. The second-order valence-electron chi connectivity index (χ2n) is 19.6. The molecule has 4 heteroatoms. The van der Waals surface area contributed by atoms with E-state index in [4.69, 9.17) is 15.0 Å². The van der Waals surface area contributed by atoms with E-state index in [1.165, 1.54) is 60.1 Å². The zero-order valence-corrected chi connectivity index (χ0v) is 44.6. The van der Waals surface area contributed by atoms with Crippen LogP contribution < -0.4 is 0 Å². The summed E-state index contributed by atoms with van der Waals surface area (Å²) in [6, 6.07) is 94.8. The number of nitrogens with zero attached hydrogens (tertiary/aromatic N) is 3. The molecule has 0 spiro atoms. The van der Waals surface area contributed by atoms with Crippen LogP contribution in [0.2, 0.25) is 0 Å². The van der Waals surface area contributed by atoms with Gasteiger partial charge in [0.1, 0.15) is 0 Å². The quantitative estimate of drug-likeness (QED) is 0.0853. The molecule has 0 fully saturated rings. The summed E-state index contributed by atoms with van der Waals surface area (Å²) >= 11 is 0. The summed E-state index contributed by atoms with van der Waals surface area (Å²) in [4.78, 5) is 15.0. The van der Waals surface area contributed by atoms with Crippen molar-refractivity contribution < 1.29 is 20.1 Å². The summed E-state index contributed by atoms with van der Waals surface area (Å²) in [5.74, 6) is 0. The van der Waals surface area contributed by atoms with Gasteiger partial charge < -0.3 is 15.0 Å². The van der Waals surface area contributed by atoms with Crippen LogP contribution in [-0.2, 0) is 45.8 Å². The SMILES string of the molecule is [Ir+3].[c-]1ccccc1-c1ccc(CCc2cc(CCc3ccc(-c4[c-]cccc4)nc3)cc(-c3ccc(-c4ccccc4)cc3-c3cnc(-c4[c-]cccc4)cc3-c3ccc4c5ccccc5c5ccccc5c4c3)c2)cn1. The normalized spacial score (nSPS) is 11.2. The molecule has 13 rings (SSSR count). The second-order valence-corrected chi connectivity index (χ2v) is 19.6. The van der Waals surface area contributed by atoms with Crippen LogP contribution in [0.15, 0.2) is 255 Å². The van der Waals surface area contributed by atoms with Crippen molar-refractivity contribution in [2.75, 3.05) is 0 Å². The van der Waals surface area contributed by atoms with Crippen LogP contribution in [0.3, 0.4) is 0 Å². The Bertz CT molecular complexity index is 4040. The molecule has 0 bridgehead atoms. The Morgan fingerprint density at radius 2 is 0.740 bits per heavy atom. The van der Waals surface area contributed by atoms with Gasteiger partial charge in [0.05, 0.1) is 0 Å². The predicted octanol–water partition coefficient (Wildman–Crippen LogP) is 18.0. The maximum atomic E-state index is 5.27. The molecule has 366 valence electrons. The average Bonchev–Trinajstić information content (AvgIpc) is 3.59. The van der Waals surface area contributed by atoms with E-state index in [1.54, 1.807) is 0 Å². The van der Waals surface area contributed by atoms with Gasteiger partial charge in [-0.2, -0.15) is 0 Å². The Morgan fingerprint density at radius 1 is 0.260 bits per heavy atom. The maximum Gasteiger partial charge on any atom is 3.00 e. The first-order valence-electron chi connectivity index (χ1n) is 26.1. The van der Waals surface area contributed by atoms with Crippen molar-refractivity contribution in [3.8, 4) is 78.3 Å². The zero-order valence-electron chi connectivity index (χ0n) is 42.3. The summed E-state index contributed by atoms with van der Waals surface area (Å²) in [7, 11) is 0. The van der Waals surface area contributed by atoms with Gasteiger partial charge in [0, 0.05) is 24.2 Å². The monoisotopic (exact) mass is 1160 g/mol. The summed E-state index contributed by atoms with van der Waals surface area (Å²) in [6.45, 7) is 0. The smallest absolute Gasteiger partial charge is 0.304 e. The van der Waals surface area contributed by atoms with Gasteiger partial charge in [0.2, 0.25) is 0 Å². The van der Waals surface area contributed by atoms with E-state index in [-0.39, 0.29) is 20.1 Å². The van der Waals surface area contributed by atoms with Gasteiger partial charge in [-0.25, -0.2) is 0 Å². The molecule has 0 saturated heterocycles. The van der Waals surface area contributed by atoms with Crippen LogP contribution in [0, 0.1) is 18.2 Å². The van der Waals surface area contributed by atoms with Gasteiger partial charge in [-0.15, -0.1) is 108 Å². The molecule has 77 heavy (non-hydrogen) atoms. The Hall–Kier alpha value is -8.92. The molecule has 0 atom stereocenters. The van der Waals surface area contributed by atoms with E-state index in [1.807, 2.05) is 60.9 Å². The molecule has 13 aromatic rings. The van der Waals surface area contributed by atoms with Crippen LogP contribution >= 0.6 is 0 Å². The molecule has 3 aromatic heterocycles. The van der Waals surface area contributed by atoms with Gasteiger partial charge in [-0.3, -0.25) is 0 Å². The van der Waals surface area contributed by atoms with Crippen LogP contribution in [0.4, 0.5) is 0 Å². The van der Waals surface area contributed by atoms with Crippen molar-refractivity contribution in [3.63, 3.8) is 0 Å². The topological polar surface area (TPSA) is 38.7 Å². The number of rotatable bonds is 13. The van der Waals surface area contributed by atoms with Gasteiger partial charge >= 0.3 is 20.1 Å². The van der Waals surface area contributed by atoms with Crippen LogP contribution in [-0.4, -0.2) is 15.0 Å². The molecule has 0 saturated carbocycles. The second kappa shape index (κ2) is 22.1. The first kappa shape index (κ1) is 49.0. The predicted molar refractivity (Wildman–Crippen MR) is 315 cm³/mol. The molecule has 0 aliphatic rings. The van der Waals surface area contributed by atoms with Gasteiger partial charge in [0.25, 0.3) is 0 Å². The van der Waals surface area contributed by atoms with Crippen molar-refractivity contribution in [2.45, 2.75) is 25.7 Å². The van der Waals surface area contributed by atoms with E-state index in [0.717, 1.165) is 98.4 Å². The Labute approximate surface area is 464 Å². The number of hydrogen-bond donors (Lipinski definition) is 0. The Balaban J connectivity index is 0.00000596. The summed E-state index contributed by atoms with van der Waals surface area (Å²) in [5.41, 5.74) is 19.7. The van der Waals surface area contributed by atoms with Crippen molar-refractivity contribution >= 4 is 32.3 Å². The molecule has 0 unspecified atom stereocenters. The van der Waals surface area contributed by atoms with Gasteiger partial charge in [-0.05, 0) is 148 Å². The molecule has 0 aliphatic carbocycles. The van der Waals surface area contributed by atoms with Crippen molar-refractivity contribution in [1.82, 2.24) is 15.0 Å². The number of aromatic nitrogens is 3. The molecule has 0 aliphatic heterocycles. The summed E-state index contributed by atoms with van der Waals surface area (Å²) in [5, 5.41) is 7.48. The van der Waals surface area contributed by atoms with E-state index in [9.17, 15) is 0 Å². The van der Waals surface area contributed by atoms with Crippen molar-refractivity contribution in [3.05, 3.63) is 296 Å². The number of hydrogen-bond acceptors (Lipinski definition) is 3. The maximum absolute atomic E-state index is 5.27. The minimum atomic E-state index is 0. The van der Waals surface area contributed by atoms with Gasteiger partial charge in [0.15, 0.2) is 0 Å². The van der Waals surface area contributed by atoms with Crippen LogP contribution in [0.5, 0.6) is 0 Å². The minimum Gasteiger partial charge on any atom is -0.304 e. The Morgan fingerprint density at radius 3 is 1.27 bits per heavy atom. The summed E-state index contributed by atoms with van der Waals surface area (Å²) < 4.78 is 0. The fraction of sp³-hybridized carbons (Fsp3) is 0.0548. The van der Waals surface area contributed by atoms with Crippen molar-refractivity contribution in [2.24, 2.45) is 0 Å². The molecular weight excluding hydrogens is 1110 g/mol. The van der Waals surface area contributed by atoms with E-state index in [0.29, 0.717) is 0 Å². The molecule has 0 radical (unpaired) electrons. The van der Waals surface area contributed by atoms with Crippen LogP contribution in [0.1, 0.15) is 22.3 Å². The van der Waals surface area contributed by atoms with E-state index < -0.39 is 0 Å². The molecule has 3 heterocycles. The third-order valence-electron chi connectivity index (χ3n) is 14.7. The van der Waals surface area contributed by atoms with Gasteiger partial charge in [-0.1, -0.05) is 152 Å². The molecule has 10 aromatic carbocycles. The average molecular weight is 1160 g/mol. The first-order valence-corrected chi connectivity index (χ1v) is 26.1. The number of aryl methyl sites for hydroxylation is 4. The standard InChI is InChI=1S/C73H50N3.Ir/c1-5-17-54(18-6-1)58-35-37-61(60-42-52(31-29-50-33-39-71(74-47-50)55-19-7-2-8-20-55)41-53(43-60)32-30-51-34-40-72(75-48-51)56-21-9-3-10-22-56)68(44-58)70-49-76-73(57-23-11-4-12-24-57)46-67(70)59-36-38-66-64-27-14-13-25-62(64)63-26-15-16-28-65(63)69(66)45-59;/h1-19,21,23,25-28,33-49H,29-32H2;/q-3;+3. The fourth-order valence-corrected chi connectivity index (χ4v) is 10.9. The minimum absolute atomic E-state index is 0.